The van der Waals surface area contributed by atoms with Crippen LogP contribution in [0, 0.1) is 0 Å². The van der Waals surface area contributed by atoms with E-state index in [1.54, 1.807) is 0 Å². The first-order valence-electron chi connectivity index (χ1n) is 9.35. The molecule has 5 nitrogen and oxygen atoms in total. The van der Waals surface area contributed by atoms with Crippen molar-refractivity contribution >= 4 is 22.6 Å². The lowest BCUT2D eigenvalue weighted by atomic mass is 10.1. The van der Waals surface area contributed by atoms with Gasteiger partial charge in [-0.05, 0) is 17.9 Å². The molecule has 0 N–H and O–H groups in total. The van der Waals surface area contributed by atoms with Crippen molar-refractivity contribution in [3.8, 4) is 5.75 Å². The minimum absolute atomic E-state index is 0.148. The van der Waals surface area contributed by atoms with E-state index < -0.39 is 0 Å². The Bertz CT molecular complexity index is 761. The van der Waals surface area contributed by atoms with Crippen LogP contribution in [0.25, 0.3) is 10.8 Å². The number of rotatable bonds is 6. The van der Waals surface area contributed by atoms with Crippen molar-refractivity contribution in [1.29, 1.82) is 0 Å². The Labute approximate surface area is 154 Å². The van der Waals surface area contributed by atoms with Gasteiger partial charge in [0, 0.05) is 44.4 Å². The zero-order chi connectivity index (χ0) is 18.4. The molecule has 1 aliphatic rings. The first-order valence-corrected chi connectivity index (χ1v) is 9.35. The van der Waals surface area contributed by atoms with Gasteiger partial charge >= 0.3 is 0 Å². The first kappa shape index (κ1) is 18.2. The van der Waals surface area contributed by atoms with Crippen LogP contribution in [0.5, 0.6) is 5.75 Å². The van der Waals surface area contributed by atoms with Gasteiger partial charge in [-0.2, -0.15) is 0 Å². The van der Waals surface area contributed by atoms with Crippen molar-refractivity contribution < 1.29 is 14.3 Å². The van der Waals surface area contributed by atoms with Crippen LogP contribution in [-0.4, -0.2) is 54.4 Å². The fourth-order valence-corrected chi connectivity index (χ4v) is 3.31. The summed E-state index contributed by atoms with van der Waals surface area (Å²) < 4.78 is 5.90. The highest BCUT2D eigenvalue weighted by atomic mass is 16.5. The van der Waals surface area contributed by atoms with Gasteiger partial charge in [0.05, 0.1) is 6.61 Å². The van der Waals surface area contributed by atoms with Crippen LogP contribution in [0.4, 0.5) is 0 Å². The lowest BCUT2D eigenvalue weighted by Gasteiger charge is -2.34. The van der Waals surface area contributed by atoms with Crippen LogP contribution in [0.3, 0.4) is 0 Å². The summed E-state index contributed by atoms with van der Waals surface area (Å²) in [4.78, 5) is 27.7. The molecular formula is C21H26N2O3. The van der Waals surface area contributed by atoms with Crippen LogP contribution >= 0.6 is 0 Å². The summed E-state index contributed by atoms with van der Waals surface area (Å²) in [5.74, 6) is 1.18. The molecule has 0 bridgehead atoms. The minimum Gasteiger partial charge on any atom is -0.493 e. The van der Waals surface area contributed by atoms with Crippen molar-refractivity contribution in [1.82, 2.24) is 9.80 Å². The molecule has 0 unspecified atom stereocenters. The monoisotopic (exact) mass is 354 g/mol. The van der Waals surface area contributed by atoms with E-state index in [0.717, 1.165) is 16.5 Å². The number of carbonyl (C=O) groups excluding carboxylic acids is 2. The van der Waals surface area contributed by atoms with E-state index >= 15 is 0 Å². The Morgan fingerprint density at radius 3 is 2.31 bits per heavy atom. The second kappa shape index (κ2) is 8.70. The first-order chi connectivity index (χ1) is 12.7. The second-order valence-corrected chi connectivity index (χ2v) is 6.54. The molecule has 1 heterocycles. The molecule has 1 fully saturated rings. The summed E-state index contributed by atoms with van der Waals surface area (Å²) in [5, 5.41) is 2.25. The third kappa shape index (κ3) is 4.34. The molecule has 1 saturated heterocycles. The summed E-state index contributed by atoms with van der Waals surface area (Å²) in [6.45, 7) is 4.95. The molecule has 0 saturated carbocycles. The number of carbonyl (C=O) groups is 2. The Kier molecular flexibility index (Phi) is 6.10. The lowest BCUT2D eigenvalue weighted by Crippen LogP contribution is -2.50. The fourth-order valence-electron chi connectivity index (χ4n) is 3.31. The molecule has 0 atom stereocenters. The molecular weight excluding hydrogens is 328 g/mol. The summed E-state index contributed by atoms with van der Waals surface area (Å²) in [6.07, 6.45) is 1.70. The number of piperazine rings is 1. The number of nitrogens with zero attached hydrogens (tertiary/aromatic N) is 2. The van der Waals surface area contributed by atoms with Crippen LogP contribution < -0.4 is 4.74 Å². The largest absolute Gasteiger partial charge is 0.493 e. The number of ether oxygens (including phenoxy) is 1. The van der Waals surface area contributed by atoms with Gasteiger partial charge in [-0.25, -0.2) is 0 Å². The van der Waals surface area contributed by atoms with Crippen LogP contribution in [0.15, 0.2) is 42.5 Å². The standard InChI is InChI=1S/C21H26N2O3/c1-2-20(24)22-12-14-23(15-13-22)21(25)11-6-16-26-19-10-5-8-17-7-3-4-9-18(17)19/h3-5,7-10H,2,6,11-16H2,1H3. The van der Waals surface area contributed by atoms with E-state index in [2.05, 4.69) is 12.1 Å². The summed E-state index contributed by atoms with van der Waals surface area (Å²) in [5.41, 5.74) is 0. The quantitative estimate of drug-likeness (QED) is 0.749. The van der Waals surface area contributed by atoms with Crippen molar-refractivity contribution in [2.24, 2.45) is 0 Å². The van der Waals surface area contributed by atoms with E-state index in [9.17, 15) is 9.59 Å². The maximum atomic E-state index is 12.3. The summed E-state index contributed by atoms with van der Waals surface area (Å²) in [6, 6.07) is 14.1. The molecule has 5 heteroatoms. The maximum Gasteiger partial charge on any atom is 0.222 e. The molecule has 1 aliphatic heterocycles. The van der Waals surface area contributed by atoms with Crippen LogP contribution in [0.2, 0.25) is 0 Å². The van der Waals surface area contributed by atoms with Gasteiger partial charge in [-0.15, -0.1) is 0 Å². The fraction of sp³-hybridized carbons (Fsp3) is 0.429. The summed E-state index contributed by atoms with van der Waals surface area (Å²) >= 11 is 0. The van der Waals surface area contributed by atoms with Gasteiger partial charge in [-0.1, -0.05) is 43.3 Å². The van der Waals surface area contributed by atoms with E-state index in [4.69, 9.17) is 4.74 Å². The SMILES string of the molecule is CCC(=O)N1CCN(C(=O)CCCOc2cccc3ccccc23)CC1. The topological polar surface area (TPSA) is 49.9 Å². The van der Waals surface area contributed by atoms with Gasteiger partial charge in [0.15, 0.2) is 0 Å². The highest BCUT2D eigenvalue weighted by Crippen LogP contribution is 2.25. The Hall–Kier alpha value is -2.56. The van der Waals surface area contributed by atoms with Gasteiger partial charge in [0.25, 0.3) is 0 Å². The molecule has 2 aromatic carbocycles. The number of benzene rings is 2. The van der Waals surface area contributed by atoms with Crippen LogP contribution in [0.1, 0.15) is 26.2 Å². The molecule has 138 valence electrons. The molecule has 2 amide bonds. The predicted molar refractivity (Wildman–Crippen MR) is 102 cm³/mol. The molecule has 0 spiro atoms. The van der Waals surface area contributed by atoms with E-state index in [0.29, 0.717) is 52.0 Å². The number of hydrogen-bond donors (Lipinski definition) is 0. The molecule has 26 heavy (non-hydrogen) atoms. The zero-order valence-corrected chi connectivity index (χ0v) is 15.3. The Morgan fingerprint density at radius 1 is 0.923 bits per heavy atom. The van der Waals surface area contributed by atoms with Crippen molar-refractivity contribution in [3.05, 3.63) is 42.5 Å². The van der Waals surface area contributed by atoms with E-state index in [1.165, 1.54) is 0 Å². The smallest absolute Gasteiger partial charge is 0.222 e. The second-order valence-electron chi connectivity index (χ2n) is 6.54. The van der Waals surface area contributed by atoms with Crippen molar-refractivity contribution in [3.63, 3.8) is 0 Å². The molecule has 2 aromatic rings. The van der Waals surface area contributed by atoms with E-state index in [-0.39, 0.29) is 11.8 Å². The average Bonchev–Trinajstić information content (AvgIpc) is 2.70. The molecule has 0 radical (unpaired) electrons. The molecule has 0 aromatic heterocycles. The Morgan fingerprint density at radius 2 is 1.58 bits per heavy atom. The third-order valence-electron chi connectivity index (χ3n) is 4.83. The number of amides is 2. The third-order valence-corrected chi connectivity index (χ3v) is 4.83. The minimum atomic E-state index is 0.148. The van der Waals surface area contributed by atoms with Gasteiger partial charge in [0.1, 0.15) is 5.75 Å². The number of hydrogen-bond acceptors (Lipinski definition) is 3. The van der Waals surface area contributed by atoms with E-state index in [1.807, 2.05) is 47.1 Å². The average molecular weight is 354 g/mol. The summed E-state index contributed by atoms with van der Waals surface area (Å²) in [7, 11) is 0. The molecule has 0 aliphatic carbocycles. The lowest BCUT2D eigenvalue weighted by molar-refractivity contribution is -0.139. The van der Waals surface area contributed by atoms with Gasteiger partial charge in [-0.3, -0.25) is 9.59 Å². The highest BCUT2D eigenvalue weighted by molar-refractivity contribution is 5.88. The number of fused-ring (bicyclic) bond motifs is 1. The van der Waals surface area contributed by atoms with Crippen LogP contribution in [-0.2, 0) is 9.59 Å². The normalized spacial score (nSPS) is 14.5. The van der Waals surface area contributed by atoms with Crippen molar-refractivity contribution in [2.45, 2.75) is 26.2 Å². The van der Waals surface area contributed by atoms with Gasteiger partial charge in [0.2, 0.25) is 11.8 Å². The maximum absolute atomic E-state index is 12.3. The van der Waals surface area contributed by atoms with Crippen molar-refractivity contribution in [2.75, 3.05) is 32.8 Å². The Balaban J connectivity index is 1.42. The zero-order valence-electron chi connectivity index (χ0n) is 15.3. The predicted octanol–water partition coefficient (Wildman–Crippen LogP) is 3.08. The molecule has 3 rings (SSSR count). The van der Waals surface area contributed by atoms with Gasteiger partial charge < -0.3 is 14.5 Å². The highest BCUT2D eigenvalue weighted by Gasteiger charge is 2.22.